The van der Waals surface area contributed by atoms with E-state index in [9.17, 15) is 4.79 Å². The molecule has 0 radical (unpaired) electrons. The third-order valence-corrected chi connectivity index (χ3v) is 6.13. The number of likely N-dealkylation sites (tertiary alicyclic amines) is 1. The second-order valence-corrected chi connectivity index (χ2v) is 7.63. The molecule has 2 heterocycles. The monoisotopic (exact) mass is 388 g/mol. The van der Waals surface area contributed by atoms with Gasteiger partial charge in [-0.15, -0.1) is 0 Å². The minimum atomic E-state index is 0.0834. The zero-order valence-electron chi connectivity index (χ0n) is 16.7. The van der Waals surface area contributed by atoms with Gasteiger partial charge in [0.2, 0.25) is 0 Å². The predicted octanol–water partition coefficient (Wildman–Crippen LogP) is 4.61. The average Bonchev–Trinajstić information content (AvgIpc) is 3.33. The maximum Gasteiger partial charge on any atom is 0.260 e. The van der Waals surface area contributed by atoms with E-state index in [1.807, 2.05) is 41.3 Å². The van der Waals surface area contributed by atoms with Crippen LogP contribution in [0.3, 0.4) is 0 Å². The first kappa shape index (κ1) is 18.0. The quantitative estimate of drug-likeness (QED) is 0.640. The summed E-state index contributed by atoms with van der Waals surface area (Å²) >= 11 is 0. The fraction of sp³-hybridized carbons (Fsp3) is 0.292. The molecule has 2 aliphatic heterocycles. The molecule has 2 aliphatic rings. The number of nitrogens with zero attached hydrogens (tertiary/aromatic N) is 2. The smallest absolute Gasteiger partial charge is 0.260 e. The highest BCUT2D eigenvalue weighted by molar-refractivity contribution is 6.24. The van der Waals surface area contributed by atoms with Crippen LogP contribution < -0.4 is 14.4 Å². The Morgan fingerprint density at radius 3 is 2.66 bits per heavy atom. The molecule has 1 fully saturated rings. The van der Waals surface area contributed by atoms with Crippen LogP contribution in [0.25, 0.3) is 10.8 Å². The van der Waals surface area contributed by atoms with Crippen LogP contribution in [0.2, 0.25) is 0 Å². The molecule has 5 rings (SSSR count). The number of amides is 1. The van der Waals surface area contributed by atoms with Crippen LogP contribution in [-0.2, 0) is 0 Å². The highest BCUT2D eigenvalue weighted by Crippen LogP contribution is 2.42. The van der Waals surface area contributed by atoms with Gasteiger partial charge in [-0.2, -0.15) is 0 Å². The number of carbonyl (C=O) groups excluding carboxylic acids is 1. The van der Waals surface area contributed by atoms with Crippen LogP contribution >= 0.6 is 0 Å². The number of hydrogen-bond donors (Lipinski definition) is 0. The number of rotatable bonds is 5. The van der Waals surface area contributed by atoms with Crippen LogP contribution in [0.1, 0.15) is 34.8 Å². The van der Waals surface area contributed by atoms with Gasteiger partial charge in [0.05, 0.1) is 26.6 Å². The standard InChI is InChI=1S/C24H24N2O3/c1-28-17-11-12-22(29-2)19(14-17)20-10-5-13-25(20)15-26-21-9-4-7-16-6-3-8-18(23(16)21)24(26)27/h3-4,6-9,11-12,14,20H,5,10,13,15H2,1-2H3. The number of benzene rings is 3. The van der Waals surface area contributed by atoms with Gasteiger partial charge in [-0.05, 0) is 48.6 Å². The van der Waals surface area contributed by atoms with Gasteiger partial charge >= 0.3 is 0 Å². The molecule has 29 heavy (non-hydrogen) atoms. The second-order valence-electron chi connectivity index (χ2n) is 7.63. The summed E-state index contributed by atoms with van der Waals surface area (Å²) in [7, 11) is 3.38. The molecular weight excluding hydrogens is 364 g/mol. The Morgan fingerprint density at radius 1 is 1.03 bits per heavy atom. The van der Waals surface area contributed by atoms with Crippen molar-refractivity contribution in [2.24, 2.45) is 0 Å². The maximum absolute atomic E-state index is 13.2. The summed E-state index contributed by atoms with van der Waals surface area (Å²) in [6.07, 6.45) is 2.12. The number of ether oxygens (including phenoxy) is 2. The summed E-state index contributed by atoms with van der Waals surface area (Å²) in [5.74, 6) is 1.77. The topological polar surface area (TPSA) is 42.0 Å². The lowest BCUT2D eigenvalue weighted by Crippen LogP contribution is -2.39. The Bertz CT molecular complexity index is 1090. The molecule has 0 N–H and O–H groups in total. The minimum Gasteiger partial charge on any atom is -0.497 e. The summed E-state index contributed by atoms with van der Waals surface area (Å²) in [6, 6.07) is 18.2. The Hall–Kier alpha value is -3.05. The Labute approximate surface area is 170 Å². The Balaban J connectivity index is 1.49. The maximum atomic E-state index is 13.2. The van der Waals surface area contributed by atoms with Crippen LogP contribution in [0, 0.1) is 0 Å². The average molecular weight is 388 g/mol. The van der Waals surface area contributed by atoms with Gasteiger partial charge in [0.1, 0.15) is 11.5 Å². The fourth-order valence-corrected chi connectivity index (χ4v) is 4.75. The van der Waals surface area contributed by atoms with Gasteiger partial charge < -0.3 is 9.47 Å². The Kier molecular flexibility index (Phi) is 4.40. The molecule has 148 valence electrons. The summed E-state index contributed by atoms with van der Waals surface area (Å²) in [4.78, 5) is 17.5. The third-order valence-electron chi connectivity index (χ3n) is 6.13. The van der Waals surface area contributed by atoms with Crippen molar-refractivity contribution in [1.29, 1.82) is 0 Å². The largest absolute Gasteiger partial charge is 0.497 e. The number of anilines is 1. The van der Waals surface area contributed by atoms with Gasteiger partial charge in [-0.3, -0.25) is 14.6 Å². The fourth-order valence-electron chi connectivity index (χ4n) is 4.75. The first-order chi connectivity index (χ1) is 14.2. The molecule has 1 amide bonds. The van der Waals surface area contributed by atoms with E-state index in [2.05, 4.69) is 23.1 Å². The van der Waals surface area contributed by atoms with Crippen LogP contribution in [-0.4, -0.2) is 38.2 Å². The highest BCUT2D eigenvalue weighted by atomic mass is 16.5. The molecule has 0 aliphatic carbocycles. The molecule has 1 unspecified atom stereocenters. The number of methoxy groups -OCH3 is 2. The SMILES string of the molecule is COc1ccc(OC)c(C2CCCN2CN2C(=O)c3cccc4cccc2c34)c1. The summed E-state index contributed by atoms with van der Waals surface area (Å²) in [6.45, 7) is 1.51. The molecule has 0 aromatic heterocycles. The van der Waals surface area contributed by atoms with Gasteiger partial charge in [-0.25, -0.2) is 0 Å². The van der Waals surface area contributed by atoms with Gasteiger partial charge in [0, 0.05) is 29.1 Å². The second kappa shape index (κ2) is 7.08. The van der Waals surface area contributed by atoms with E-state index in [1.165, 1.54) is 0 Å². The molecule has 0 bridgehead atoms. The molecule has 3 aromatic carbocycles. The van der Waals surface area contributed by atoms with E-state index in [-0.39, 0.29) is 11.9 Å². The van der Waals surface area contributed by atoms with E-state index in [0.717, 1.165) is 58.5 Å². The molecule has 0 spiro atoms. The van der Waals surface area contributed by atoms with Crippen molar-refractivity contribution in [3.05, 3.63) is 65.7 Å². The van der Waals surface area contributed by atoms with Gasteiger partial charge in [0.25, 0.3) is 5.91 Å². The van der Waals surface area contributed by atoms with Crippen molar-refractivity contribution < 1.29 is 14.3 Å². The summed E-state index contributed by atoms with van der Waals surface area (Å²) in [5, 5.41) is 2.18. The van der Waals surface area contributed by atoms with Crippen LogP contribution in [0.5, 0.6) is 11.5 Å². The minimum absolute atomic E-state index is 0.0834. The van der Waals surface area contributed by atoms with E-state index >= 15 is 0 Å². The number of hydrogen-bond acceptors (Lipinski definition) is 4. The zero-order valence-corrected chi connectivity index (χ0v) is 16.7. The van der Waals surface area contributed by atoms with E-state index < -0.39 is 0 Å². The van der Waals surface area contributed by atoms with Gasteiger partial charge in [0.15, 0.2) is 0 Å². The summed E-state index contributed by atoms with van der Waals surface area (Å²) < 4.78 is 11.1. The lowest BCUT2D eigenvalue weighted by atomic mass is 10.0. The van der Waals surface area contributed by atoms with Gasteiger partial charge in [-0.1, -0.05) is 24.3 Å². The first-order valence-electron chi connectivity index (χ1n) is 10.0. The summed E-state index contributed by atoms with van der Waals surface area (Å²) in [5.41, 5.74) is 2.92. The third kappa shape index (κ3) is 2.85. The highest BCUT2D eigenvalue weighted by Gasteiger charge is 2.35. The van der Waals surface area contributed by atoms with Crippen molar-refractivity contribution in [1.82, 2.24) is 4.90 Å². The van der Waals surface area contributed by atoms with E-state index in [1.54, 1.807) is 14.2 Å². The van der Waals surface area contributed by atoms with Crippen molar-refractivity contribution >= 4 is 22.4 Å². The predicted molar refractivity (Wildman–Crippen MR) is 114 cm³/mol. The van der Waals surface area contributed by atoms with E-state index in [4.69, 9.17) is 9.47 Å². The molecular formula is C24H24N2O3. The Morgan fingerprint density at radius 2 is 1.86 bits per heavy atom. The molecule has 1 atom stereocenters. The van der Waals surface area contributed by atoms with Crippen LogP contribution in [0.4, 0.5) is 5.69 Å². The first-order valence-corrected chi connectivity index (χ1v) is 10.0. The molecule has 5 nitrogen and oxygen atoms in total. The lowest BCUT2D eigenvalue weighted by molar-refractivity contribution is 0.0971. The molecule has 0 saturated carbocycles. The number of carbonyl (C=O) groups is 1. The van der Waals surface area contributed by atoms with Crippen molar-refractivity contribution in [3.63, 3.8) is 0 Å². The molecule has 1 saturated heterocycles. The van der Waals surface area contributed by atoms with Crippen LogP contribution in [0.15, 0.2) is 54.6 Å². The van der Waals surface area contributed by atoms with E-state index in [0.29, 0.717) is 6.67 Å². The van der Waals surface area contributed by atoms with Crippen molar-refractivity contribution in [2.45, 2.75) is 18.9 Å². The normalized spacial score (nSPS) is 18.6. The zero-order chi connectivity index (χ0) is 20.0. The molecule has 3 aromatic rings. The van der Waals surface area contributed by atoms with Crippen molar-refractivity contribution in [3.8, 4) is 11.5 Å². The molecule has 5 heteroatoms. The lowest BCUT2D eigenvalue weighted by Gasteiger charge is -2.30. The van der Waals surface area contributed by atoms with Crippen molar-refractivity contribution in [2.75, 3.05) is 32.3 Å².